The van der Waals surface area contributed by atoms with Gasteiger partial charge in [-0.3, -0.25) is 4.79 Å². The van der Waals surface area contributed by atoms with E-state index in [0.717, 1.165) is 66.8 Å². The number of aromatic carboxylic acids is 1. The van der Waals surface area contributed by atoms with Crippen LogP contribution >= 0.6 is 0 Å². The number of aryl methyl sites for hydroxylation is 1. The molecule has 0 aliphatic heterocycles. The van der Waals surface area contributed by atoms with Crippen LogP contribution in [-0.4, -0.2) is 27.0 Å². The van der Waals surface area contributed by atoms with Gasteiger partial charge in [-0.25, -0.2) is 9.78 Å². The van der Waals surface area contributed by atoms with Crippen LogP contribution < -0.4 is 5.32 Å². The van der Waals surface area contributed by atoms with E-state index in [1.54, 1.807) is 12.1 Å². The Kier molecular flexibility index (Phi) is 6.15. The number of carbonyl (C=O) groups excluding carboxylic acids is 1. The standard InChI is InChI=1S/C29H37N3O3/c33-28(30-23-8-4-7-20(16-23)29(34)35)26-25(31-27(32-26)19-5-2-1-3-6-19)10-9-24-21-12-17-11-18(14-21)15-22(24)13-17/h4,7-8,16-19,21-22,24H,1-3,5-6,9-15H2,(H,30,33)(H,31,32)(H,34,35). The number of aromatic amines is 1. The number of imidazole rings is 1. The highest BCUT2D eigenvalue weighted by Gasteiger charge is 2.47. The first-order valence-electron chi connectivity index (χ1n) is 13.8. The molecule has 35 heavy (non-hydrogen) atoms. The van der Waals surface area contributed by atoms with Crippen molar-refractivity contribution in [2.24, 2.45) is 29.6 Å². The minimum absolute atomic E-state index is 0.162. The first-order chi connectivity index (χ1) is 17.0. The molecule has 0 spiro atoms. The van der Waals surface area contributed by atoms with Crippen LogP contribution in [0.25, 0.3) is 0 Å². The van der Waals surface area contributed by atoms with E-state index < -0.39 is 5.97 Å². The third-order valence-corrected chi connectivity index (χ3v) is 9.52. The van der Waals surface area contributed by atoms with Gasteiger partial charge >= 0.3 is 5.97 Å². The molecule has 5 aliphatic rings. The van der Waals surface area contributed by atoms with Crippen LogP contribution in [0.15, 0.2) is 24.3 Å². The Morgan fingerprint density at radius 1 is 1.00 bits per heavy atom. The Labute approximate surface area is 207 Å². The summed E-state index contributed by atoms with van der Waals surface area (Å²) < 4.78 is 0. The Balaban J connectivity index is 1.22. The van der Waals surface area contributed by atoms with Crippen molar-refractivity contribution < 1.29 is 14.7 Å². The zero-order valence-corrected chi connectivity index (χ0v) is 20.5. The molecule has 5 aliphatic carbocycles. The van der Waals surface area contributed by atoms with Gasteiger partial charge in [0.05, 0.1) is 5.56 Å². The number of hydrogen-bond donors (Lipinski definition) is 3. The minimum Gasteiger partial charge on any atom is -0.478 e. The molecule has 6 heteroatoms. The minimum atomic E-state index is -1.00. The molecule has 1 amide bonds. The fourth-order valence-electron chi connectivity index (χ4n) is 8.11. The fraction of sp³-hybridized carbons (Fsp3) is 0.621. The fourth-order valence-corrected chi connectivity index (χ4v) is 8.11. The van der Waals surface area contributed by atoms with Gasteiger partial charge in [-0.15, -0.1) is 0 Å². The highest BCUT2D eigenvalue weighted by atomic mass is 16.4. The van der Waals surface area contributed by atoms with Crippen molar-refractivity contribution in [2.75, 3.05) is 5.32 Å². The summed E-state index contributed by atoms with van der Waals surface area (Å²) in [5.74, 6) is 4.61. The third kappa shape index (κ3) is 4.64. The molecule has 0 atom stereocenters. The Morgan fingerprint density at radius 2 is 1.71 bits per heavy atom. The van der Waals surface area contributed by atoms with E-state index in [9.17, 15) is 14.7 Å². The van der Waals surface area contributed by atoms with E-state index in [-0.39, 0.29) is 11.5 Å². The summed E-state index contributed by atoms with van der Waals surface area (Å²) in [5.41, 5.74) is 2.11. The molecule has 3 N–H and O–H groups in total. The lowest BCUT2D eigenvalue weighted by Gasteiger charge is -2.54. The molecule has 0 unspecified atom stereocenters. The summed E-state index contributed by atoms with van der Waals surface area (Å²) >= 11 is 0. The number of rotatable bonds is 7. The van der Waals surface area contributed by atoms with Crippen molar-refractivity contribution in [3.8, 4) is 0 Å². The average Bonchev–Trinajstić information content (AvgIpc) is 3.28. The zero-order valence-electron chi connectivity index (χ0n) is 20.5. The summed E-state index contributed by atoms with van der Waals surface area (Å²) in [6.45, 7) is 0. The Morgan fingerprint density at radius 3 is 2.40 bits per heavy atom. The van der Waals surface area contributed by atoms with Gasteiger partial charge in [-0.2, -0.15) is 0 Å². The van der Waals surface area contributed by atoms with Gasteiger partial charge in [0.2, 0.25) is 0 Å². The van der Waals surface area contributed by atoms with Gasteiger partial charge in [-0.1, -0.05) is 25.3 Å². The lowest BCUT2D eigenvalue weighted by molar-refractivity contribution is -0.0395. The summed E-state index contributed by atoms with van der Waals surface area (Å²) in [7, 11) is 0. The lowest BCUT2D eigenvalue weighted by atomic mass is 9.51. The first kappa shape index (κ1) is 22.8. The molecule has 0 saturated heterocycles. The predicted molar refractivity (Wildman–Crippen MR) is 135 cm³/mol. The summed E-state index contributed by atoms with van der Waals surface area (Å²) in [6, 6.07) is 6.42. The number of carboxylic acid groups (broad SMARTS) is 1. The monoisotopic (exact) mass is 475 g/mol. The number of benzene rings is 1. The largest absolute Gasteiger partial charge is 0.478 e. The van der Waals surface area contributed by atoms with Gasteiger partial charge in [0.1, 0.15) is 11.5 Å². The molecule has 5 fully saturated rings. The smallest absolute Gasteiger partial charge is 0.335 e. The molecule has 0 radical (unpaired) electrons. The van der Waals surface area contributed by atoms with Crippen LogP contribution in [0.5, 0.6) is 0 Å². The van der Waals surface area contributed by atoms with Crippen LogP contribution in [-0.2, 0) is 6.42 Å². The number of H-pyrrole nitrogens is 1. The van der Waals surface area contributed by atoms with Crippen LogP contribution in [0.3, 0.4) is 0 Å². The predicted octanol–water partition coefficient (Wildman–Crippen LogP) is 6.41. The van der Waals surface area contributed by atoms with E-state index >= 15 is 0 Å². The first-order valence-corrected chi connectivity index (χ1v) is 13.8. The summed E-state index contributed by atoms with van der Waals surface area (Å²) in [5, 5.41) is 12.2. The molecule has 6 nitrogen and oxygen atoms in total. The summed E-state index contributed by atoms with van der Waals surface area (Å²) in [6.07, 6.45) is 15.1. The highest BCUT2D eigenvalue weighted by molar-refractivity contribution is 6.04. The maximum Gasteiger partial charge on any atom is 0.335 e. The van der Waals surface area contributed by atoms with E-state index in [0.29, 0.717) is 17.3 Å². The van der Waals surface area contributed by atoms with Crippen LogP contribution in [0.1, 0.15) is 109 Å². The maximum atomic E-state index is 13.4. The number of nitrogens with one attached hydrogen (secondary N) is 2. The molecule has 1 heterocycles. The normalized spacial score (nSPS) is 29.9. The number of carboxylic acids is 1. The SMILES string of the molecule is O=C(O)c1cccc(NC(=O)c2nc(C3CCCCC3)[nH]c2CCC2C3CC4CC(C3)CC2C4)c1. The van der Waals surface area contributed by atoms with Crippen molar-refractivity contribution in [3.05, 3.63) is 47.0 Å². The number of aromatic nitrogens is 2. The highest BCUT2D eigenvalue weighted by Crippen LogP contribution is 2.57. The van der Waals surface area contributed by atoms with E-state index in [4.69, 9.17) is 4.98 Å². The van der Waals surface area contributed by atoms with Crippen LogP contribution in [0.4, 0.5) is 5.69 Å². The maximum absolute atomic E-state index is 13.4. The van der Waals surface area contributed by atoms with Gasteiger partial charge in [0.15, 0.2) is 0 Å². The van der Waals surface area contributed by atoms with E-state index in [2.05, 4.69) is 10.3 Å². The Hall–Kier alpha value is -2.63. The van der Waals surface area contributed by atoms with Crippen molar-refractivity contribution >= 4 is 17.6 Å². The van der Waals surface area contributed by atoms with E-state index in [1.807, 2.05) is 0 Å². The molecule has 7 rings (SSSR count). The molecule has 1 aromatic carbocycles. The lowest BCUT2D eigenvalue weighted by Crippen LogP contribution is -2.45. The van der Waals surface area contributed by atoms with Gasteiger partial charge in [0.25, 0.3) is 5.91 Å². The third-order valence-electron chi connectivity index (χ3n) is 9.52. The van der Waals surface area contributed by atoms with Crippen molar-refractivity contribution in [1.82, 2.24) is 9.97 Å². The molecular formula is C29H37N3O3. The zero-order chi connectivity index (χ0) is 23.9. The van der Waals surface area contributed by atoms with Gasteiger partial charge in [-0.05, 0) is 106 Å². The van der Waals surface area contributed by atoms with Crippen molar-refractivity contribution in [1.29, 1.82) is 0 Å². The molecule has 4 bridgehead atoms. The second-order valence-electron chi connectivity index (χ2n) is 11.8. The second-order valence-corrected chi connectivity index (χ2v) is 11.8. The summed E-state index contributed by atoms with van der Waals surface area (Å²) in [4.78, 5) is 33.2. The van der Waals surface area contributed by atoms with E-state index in [1.165, 1.54) is 63.5 Å². The van der Waals surface area contributed by atoms with Crippen LogP contribution in [0, 0.1) is 29.6 Å². The topological polar surface area (TPSA) is 95.1 Å². The number of carbonyl (C=O) groups is 2. The average molecular weight is 476 g/mol. The van der Waals surface area contributed by atoms with Crippen molar-refractivity contribution in [3.63, 3.8) is 0 Å². The van der Waals surface area contributed by atoms with Gasteiger partial charge in [0, 0.05) is 17.3 Å². The van der Waals surface area contributed by atoms with Crippen LogP contribution in [0.2, 0.25) is 0 Å². The number of anilines is 1. The number of hydrogen-bond acceptors (Lipinski definition) is 3. The quantitative estimate of drug-likeness (QED) is 0.431. The molecule has 1 aromatic heterocycles. The molecule has 186 valence electrons. The molecule has 2 aromatic rings. The molecule has 5 saturated carbocycles. The molecular weight excluding hydrogens is 438 g/mol. The van der Waals surface area contributed by atoms with Gasteiger partial charge < -0.3 is 15.4 Å². The number of nitrogens with zero attached hydrogens (tertiary/aromatic N) is 1. The Bertz CT molecular complexity index is 1070. The number of amides is 1. The van der Waals surface area contributed by atoms with Crippen molar-refractivity contribution in [2.45, 2.75) is 83.0 Å². The second kappa shape index (κ2) is 9.44.